The highest BCUT2D eigenvalue weighted by atomic mass is 32.2. The minimum absolute atomic E-state index is 0.00649. The van der Waals surface area contributed by atoms with E-state index in [0.717, 1.165) is 29.1 Å². The van der Waals surface area contributed by atoms with Crippen LogP contribution in [0.15, 0.2) is 59.5 Å². The lowest BCUT2D eigenvalue weighted by atomic mass is 9.94. The lowest BCUT2D eigenvalue weighted by Gasteiger charge is -2.32. The predicted octanol–water partition coefficient (Wildman–Crippen LogP) is 4.99. The van der Waals surface area contributed by atoms with E-state index in [4.69, 9.17) is 0 Å². The first kappa shape index (κ1) is 22.4. The summed E-state index contributed by atoms with van der Waals surface area (Å²) in [6.45, 7) is 7.54. The molecule has 2 aromatic rings. The normalized spacial score (nSPS) is 15.8. The molecule has 1 heterocycles. The standard InChI is InChI=1S/C25H32N2O2S/c1-18(2)19(3)26-24(28)21-13-15-27(16-14-21)25(29)22-9-11-23(12-10-22)30-17-20-7-5-4-6-8-20/h4-12,18-19,21H,13-17H2,1-3H3,(H,26,28). The maximum atomic E-state index is 12.9. The van der Waals surface area contributed by atoms with Crippen molar-refractivity contribution in [2.45, 2.75) is 50.3 Å². The fourth-order valence-corrected chi connectivity index (χ4v) is 4.33. The van der Waals surface area contributed by atoms with Gasteiger partial charge in [-0.2, -0.15) is 0 Å². The Bertz CT molecular complexity index is 828. The Morgan fingerprint density at radius 3 is 2.23 bits per heavy atom. The van der Waals surface area contributed by atoms with Crippen molar-refractivity contribution >= 4 is 23.6 Å². The van der Waals surface area contributed by atoms with Crippen LogP contribution < -0.4 is 5.32 Å². The number of amides is 2. The first-order valence-corrected chi connectivity index (χ1v) is 11.8. The van der Waals surface area contributed by atoms with Gasteiger partial charge in [-0.1, -0.05) is 44.2 Å². The van der Waals surface area contributed by atoms with E-state index in [9.17, 15) is 9.59 Å². The molecule has 0 spiro atoms. The van der Waals surface area contributed by atoms with Gasteiger partial charge in [0, 0.05) is 41.3 Å². The van der Waals surface area contributed by atoms with Gasteiger partial charge < -0.3 is 10.2 Å². The van der Waals surface area contributed by atoms with Gasteiger partial charge in [0.15, 0.2) is 0 Å². The van der Waals surface area contributed by atoms with Crippen molar-refractivity contribution < 1.29 is 9.59 Å². The van der Waals surface area contributed by atoms with Crippen molar-refractivity contribution in [3.8, 4) is 0 Å². The Labute approximate surface area is 184 Å². The minimum atomic E-state index is 0.00649. The highest BCUT2D eigenvalue weighted by Crippen LogP contribution is 2.24. The molecular weight excluding hydrogens is 392 g/mol. The number of carbonyl (C=O) groups excluding carboxylic acids is 2. The summed E-state index contributed by atoms with van der Waals surface area (Å²) in [5.74, 6) is 1.53. The van der Waals surface area contributed by atoms with Gasteiger partial charge >= 0.3 is 0 Å². The molecular formula is C25H32N2O2S. The number of piperidine rings is 1. The molecule has 1 unspecified atom stereocenters. The van der Waals surface area contributed by atoms with Gasteiger partial charge in [-0.3, -0.25) is 9.59 Å². The van der Waals surface area contributed by atoms with E-state index < -0.39 is 0 Å². The zero-order valence-electron chi connectivity index (χ0n) is 18.1. The molecule has 0 aliphatic carbocycles. The van der Waals surface area contributed by atoms with Crippen molar-refractivity contribution in [2.75, 3.05) is 13.1 Å². The largest absolute Gasteiger partial charge is 0.353 e. The van der Waals surface area contributed by atoms with Gasteiger partial charge in [-0.25, -0.2) is 0 Å². The van der Waals surface area contributed by atoms with Crippen LogP contribution in [0.4, 0.5) is 0 Å². The Morgan fingerprint density at radius 1 is 1.00 bits per heavy atom. The molecule has 0 aromatic heterocycles. The van der Waals surface area contributed by atoms with E-state index in [2.05, 4.69) is 43.4 Å². The first-order chi connectivity index (χ1) is 14.4. The molecule has 4 nitrogen and oxygen atoms in total. The number of likely N-dealkylation sites (tertiary alicyclic amines) is 1. The van der Waals surface area contributed by atoms with E-state index in [0.29, 0.717) is 19.0 Å². The van der Waals surface area contributed by atoms with Crippen LogP contribution in [0, 0.1) is 11.8 Å². The maximum Gasteiger partial charge on any atom is 0.253 e. The Morgan fingerprint density at radius 2 is 1.63 bits per heavy atom. The van der Waals surface area contributed by atoms with Crippen molar-refractivity contribution in [1.82, 2.24) is 10.2 Å². The molecule has 0 saturated carbocycles. The summed E-state index contributed by atoms with van der Waals surface area (Å²) in [6.07, 6.45) is 1.46. The van der Waals surface area contributed by atoms with Crippen LogP contribution >= 0.6 is 11.8 Å². The summed E-state index contributed by atoms with van der Waals surface area (Å²) in [5.41, 5.74) is 2.01. The minimum Gasteiger partial charge on any atom is -0.353 e. The molecule has 0 radical (unpaired) electrons. The molecule has 5 heteroatoms. The monoisotopic (exact) mass is 424 g/mol. The van der Waals surface area contributed by atoms with Gasteiger partial charge in [0.05, 0.1) is 0 Å². The number of carbonyl (C=O) groups is 2. The quantitative estimate of drug-likeness (QED) is 0.637. The molecule has 3 rings (SSSR count). The number of hydrogen-bond acceptors (Lipinski definition) is 3. The lowest BCUT2D eigenvalue weighted by Crippen LogP contribution is -2.45. The zero-order chi connectivity index (χ0) is 21.5. The smallest absolute Gasteiger partial charge is 0.253 e. The molecule has 1 atom stereocenters. The number of rotatable bonds is 7. The van der Waals surface area contributed by atoms with Crippen LogP contribution in [0.25, 0.3) is 0 Å². The molecule has 1 aliphatic heterocycles. The van der Waals surface area contributed by atoms with Crippen molar-refractivity contribution in [1.29, 1.82) is 0 Å². The molecule has 2 aromatic carbocycles. The van der Waals surface area contributed by atoms with Gasteiger partial charge in [0.1, 0.15) is 0 Å². The number of benzene rings is 2. The fraction of sp³-hybridized carbons (Fsp3) is 0.440. The Hall–Kier alpha value is -2.27. The molecule has 1 aliphatic rings. The number of hydrogen-bond donors (Lipinski definition) is 1. The third-order valence-corrected chi connectivity index (χ3v) is 6.96. The lowest BCUT2D eigenvalue weighted by molar-refractivity contribution is -0.127. The van der Waals surface area contributed by atoms with Crippen molar-refractivity contribution in [2.24, 2.45) is 11.8 Å². The van der Waals surface area contributed by atoms with Gasteiger partial charge in [-0.15, -0.1) is 11.8 Å². The number of nitrogens with zero attached hydrogens (tertiary/aromatic N) is 1. The number of thioether (sulfide) groups is 1. The van der Waals surface area contributed by atoms with Crippen molar-refractivity contribution in [3.05, 3.63) is 65.7 Å². The van der Waals surface area contributed by atoms with Crippen LogP contribution in [0.3, 0.4) is 0 Å². The van der Waals surface area contributed by atoms with Crippen LogP contribution in [-0.4, -0.2) is 35.8 Å². The van der Waals surface area contributed by atoms with Crippen molar-refractivity contribution in [3.63, 3.8) is 0 Å². The zero-order valence-corrected chi connectivity index (χ0v) is 19.0. The Kier molecular flexibility index (Phi) is 7.97. The summed E-state index contributed by atoms with van der Waals surface area (Å²) < 4.78 is 0. The molecule has 1 N–H and O–H groups in total. The highest BCUT2D eigenvalue weighted by Gasteiger charge is 2.28. The van der Waals surface area contributed by atoms with E-state index >= 15 is 0 Å². The molecule has 1 fully saturated rings. The topological polar surface area (TPSA) is 49.4 Å². The third-order valence-electron chi connectivity index (χ3n) is 5.87. The molecule has 30 heavy (non-hydrogen) atoms. The van der Waals surface area contributed by atoms with E-state index in [1.54, 1.807) is 11.8 Å². The maximum absolute atomic E-state index is 12.9. The molecule has 2 amide bonds. The first-order valence-electron chi connectivity index (χ1n) is 10.8. The van der Waals surface area contributed by atoms with Gasteiger partial charge in [0.25, 0.3) is 5.91 Å². The summed E-state index contributed by atoms with van der Waals surface area (Å²) >= 11 is 1.77. The van der Waals surface area contributed by atoms with E-state index in [1.165, 1.54) is 5.56 Å². The van der Waals surface area contributed by atoms with Gasteiger partial charge in [-0.05, 0) is 55.5 Å². The van der Waals surface area contributed by atoms with E-state index in [-0.39, 0.29) is 23.8 Å². The second-order valence-electron chi connectivity index (χ2n) is 8.41. The number of nitrogens with one attached hydrogen (secondary N) is 1. The summed E-state index contributed by atoms with van der Waals surface area (Å²) in [6, 6.07) is 18.4. The summed E-state index contributed by atoms with van der Waals surface area (Å²) in [7, 11) is 0. The average molecular weight is 425 g/mol. The van der Waals surface area contributed by atoms with E-state index in [1.807, 2.05) is 42.2 Å². The average Bonchev–Trinajstić information content (AvgIpc) is 2.78. The second kappa shape index (κ2) is 10.7. The summed E-state index contributed by atoms with van der Waals surface area (Å²) in [4.78, 5) is 28.3. The van der Waals surface area contributed by atoms with Gasteiger partial charge in [0.2, 0.25) is 5.91 Å². The predicted molar refractivity (Wildman–Crippen MR) is 124 cm³/mol. The molecule has 160 valence electrons. The SMILES string of the molecule is CC(C)C(C)NC(=O)C1CCN(C(=O)c2ccc(SCc3ccccc3)cc2)CC1. The summed E-state index contributed by atoms with van der Waals surface area (Å²) in [5, 5.41) is 3.11. The van der Waals surface area contributed by atoms with Crippen LogP contribution in [0.1, 0.15) is 49.5 Å². The second-order valence-corrected chi connectivity index (χ2v) is 9.46. The van der Waals surface area contributed by atoms with Crippen LogP contribution in [0.5, 0.6) is 0 Å². The molecule has 1 saturated heterocycles. The third kappa shape index (κ3) is 6.11. The van der Waals surface area contributed by atoms with Crippen LogP contribution in [-0.2, 0) is 10.5 Å². The fourth-order valence-electron chi connectivity index (χ4n) is 3.47. The Balaban J connectivity index is 1.48. The molecule has 0 bridgehead atoms. The van der Waals surface area contributed by atoms with Crippen LogP contribution in [0.2, 0.25) is 0 Å². The highest BCUT2D eigenvalue weighted by molar-refractivity contribution is 7.98.